The number of aldehydes is 1. The van der Waals surface area contributed by atoms with E-state index in [4.69, 9.17) is 70.7 Å². The fraction of sp³-hybridized carbons (Fsp3) is 0.348. The van der Waals surface area contributed by atoms with Gasteiger partial charge in [0.1, 0.15) is 17.8 Å². The molecule has 0 amide bonds. The molecule has 0 heterocycles. The average Bonchev–Trinajstić information content (AvgIpc) is 2.89. The molecule has 6 N–H and O–H groups in total. The van der Waals surface area contributed by atoms with E-state index in [2.05, 4.69) is 0 Å². The minimum Gasteiger partial charge on any atom is -0.568 e. The van der Waals surface area contributed by atoms with Crippen LogP contribution in [-0.4, -0.2) is 80.8 Å². The van der Waals surface area contributed by atoms with Crippen LogP contribution in [0.1, 0.15) is 20.7 Å². The summed E-state index contributed by atoms with van der Waals surface area (Å²) in [6, 6.07) is 9.04. The Balaban J connectivity index is -0.000000527. The molecule has 0 bridgehead atoms. The van der Waals surface area contributed by atoms with Crippen LogP contribution >= 0.6 is 34.8 Å². The van der Waals surface area contributed by atoms with Crippen molar-refractivity contribution < 1.29 is 63.6 Å². The van der Waals surface area contributed by atoms with Crippen LogP contribution < -0.4 is 55.3 Å². The summed E-state index contributed by atoms with van der Waals surface area (Å²) in [6.07, 6.45) is 0.640. The van der Waals surface area contributed by atoms with E-state index in [1.54, 1.807) is 26.1 Å². The van der Waals surface area contributed by atoms with Crippen molar-refractivity contribution in [3.05, 3.63) is 47.5 Å². The maximum atomic E-state index is 11.0. The van der Waals surface area contributed by atoms with Crippen molar-refractivity contribution in [3.63, 3.8) is 0 Å². The van der Waals surface area contributed by atoms with Crippen LogP contribution in [0.4, 0.5) is 11.4 Å². The molecule has 0 aliphatic heterocycles. The van der Waals surface area contributed by atoms with Gasteiger partial charge in [-0.3, -0.25) is 7.41 Å². The molecule has 10 nitrogen and oxygen atoms in total. The van der Waals surface area contributed by atoms with E-state index in [-0.39, 0.29) is 46.6 Å². The molecule has 2 aromatic rings. The second kappa shape index (κ2) is 25.4. The topological polar surface area (TPSA) is 165 Å². The predicted molar refractivity (Wildman–Crippen MR) is 151 cm³/mol. The van der Waals surface area contributed by atoms with E-state index < -0.39 is 11.9 Å². The summed E-state index contributed by atoms with van der Waals surface area (Å²) in [7, 11) is 4.52. The number of nitrogen functional groups attached to an aromatic ring is 1. The Morgan fingerprint density at radius 3 is 1.66 bits per heavy atom. The van der Waals surface area contributed by atoms with Crippen LogP contribution in [0.15, 0.2) is 36.4 Å². The van der Waals surface area contributed by atoms with Gasteiger partial charge in [0.2, 0.25) is 0 Å². The Labute approximate surface area is 261 Å². The summed E-state index contributed by atoms with van der Waals surface area (Å²) in [6.45, 7) is 2.93. The molecule has 2 radical (unpaired) electrons. The number of benzene rings is 2. The number of carbonyl (C=O) groups excluding carboxylic acids is 1. The largest absolute Gasteiger partial charge is 1.00 e. The molecule has 0 spiro atoms. The number of hydrogen-bond donors (Lipinski definition) is 4. The normalized spacial score (nSPS) is 8.92. The Hall–Kier alpha value is -1.86. The number of ether oxygens (including phenoxy) is 2. The Bertz CT molecular complexity index is 956. The van der Waals surface area contributed by atoms with Crippen LogP contribution in [0.3, 0.4) is 0 Å². The van der Waals surface area contributed by atoms with Gasteiger partial charge in [0.15, 0.2) is 0 Å². The van der Waals surface area contributed by atoms with Crippen LogP contribution in [0.5, 0.6) is 11.5 Å². The molecule has 0 aliphatic carbocycles. The third-order valence-electron chi connectivity index (χ3n) is 4.02. The van der Waals surface area contributed by atoms with Gasteiger partial charge < -0.3 is 40.8 Å². The number of nitrogens with zero attached hydrogens (tertiary/aromatic N) is 1. The van der Waals surface area contributed by atoms with Crippen LogP contribution in [0.25, 0.3) is 0 Å². The first-order valence-electron chi connectivity index (χ1n) is 10.6. The number of carboxylic acids is 2. The van der Waals surface area contributed by atoms with Gasteiger partial charge in [0.25, 0.3) is 0 Å². The van der Waals surface area contributed by atoms with Gasteiger partial charge in [-0.25, -0.2) is 16.4 Å². The van der Waals surface area contributed by atoms with E-state index in [9.17, 15) is 9.59 Å². The minimum absolute atomic E-state index is 0. The summed E-state index contributed by atoms with van der Waals surface area (Å²) in [5, 5.41) is 17.6. The summed E-state index contributed by atoms with van der Waals surface area (Å²) < 4.78 is 10.1. The van der Waals surface area contributed by atoms with E-state index in [1.165, 1.54) is 38.8 Å². The van der Waals surface area contributed by atoms with Crippen LogP contribution in [-0.2, 0) is 4.79 Å². The van der Waals surface area contributed by atoms with E-state index in [0.29, 0.717) is 54.0 Å². The maximum absolute atomic E-state index is 11.0. The van der Waals surface area contributed by atoms with Gasteiger partial charge >= 0.3 is 41.5 Å². The quantitative estimate of drug-likeness (QED) is 0.132. The van der Waals surface area contributed by atoms with Crippen LogP contribution in [0, 0.1) is 0 Å². The number of aromatic carboxylic acids is 2. The first-order valence-corrected chi connectivity index (χ1v) is 12.2. The van der Waals surface area contributed by atoms with E-state index in [1.807, 2.05) is 4.90 Å². The van der Waals surface area contributed by atoms with Crippen molar-refractivity contribution in [1.29, 1.82) is 0 Å². The average molecular weight is 603 g/mol. The SMILES string of the molecule is COc1ccc(C(=O)O)cc1N.COc1ccc(C(=O)O)cc1N(CCCl)CCCl.C[B-]N.O=CCCl.[Na+]. The minimum atomic E-state index is -0.996. The van der Waals surface area contributed by atoms with Crippen molar-refractivity contribution in [2.24, 2.45) is 5.64 Å². The number of nitrogens with two attached hydrogens (primary N) is 2. The standard InChI is InChI=1S/C12H15Cl2NO3.C8H9NO3.C2H3ClO.CH5BN.Na/c1-18-11-3-2-9(12(16)17)8-10(11)15(6-4-13)7-5-14;1-12-7-3-2-5(8(10)11)4-6(7)9;3-1-2-4;1-2-3;/h2-3,8H,4-7H2,1H3,(H,16,17);2-4H,9H2,1H3,(H,10,11);2H,1H2;3H2,1H3;/q;;;-1;+1. The molecule has 38 heavy (non-hydrogen) atoms. The van der Waals surface area contributed by atoms with Gasteiger partial charge in [0, 0.05) is 24.8 Å². The van der Waals surface area contributed by atoms with Gasteiger partial charge in [-0.1, -0.05) is 0 Å². The molecule has 206 valence electrons. The molecule has 2 aromatic carbocycles. The van der Waals surface area contributed by atoms with Crippen molar-refractivity contribution in [1.82, 2.24) is 0 Å². The molecule has 0 atom stereocenters. The van der Waals surface area contributed by atoms with Gasteiger partial charge in [-0.05, 0) is 36.4 Å². The Morgan fingerprint density at radius 1 is 0.947 bits per heavy atom. The molecular formula is C23H32BCl3N3NaO7. The first-order chi connectivity index (χ1) is 17.6. The summed E-state index contributed by atoms with van der Waals surface area (Å²) >= 11 is 16.3. The van der Waals surface area contributed by atoms with Gasteiger partial charge in [-0.15, -0.1) is 34.8 Å². The molecule has 0 aliphatic rings. The van der Waals surface area contributed by atoms with Gasteiger partial charge in [-0.2, -0.15) is 0 Å². The molecule has 2 rings (SSSR count). The van der Waals surface area contributed by atoms with E-state index in [0.717, 1.165) is 0 Å². The van der Waals surface area contributed by atoms with Crippen molar-refractivity contribution >= 4 is 71.8 Å². The summed E-state index contributed by atoms with van der Waals surface area (Å²) in [4.78, 5) is 32.4. The van der Waals surface area contributed by atoms with Crippen molar-refractivity contribution in [2.45, 2.75) is 6.82 Å². The summed E-state index contributed by atoms with van der Waals surface area (Å²) in [5.74, 6) is 0.0875. The predicted octanol–water partition coefficient (Wildman–Crippen LogP) is 0.694. The second-order valence-corrected chi connectivity index (χ2v) is 7.54. The third kappa shape index (κ3) is 16.9. The van der Waals surface area contributed by atoms with Crippen molar-refractivity contribution in [3.8, 4) is 11.5 Å². The number of carbonyl (C=O) groups is 3. The molecule has 15 heteroatoms. The zero-order chi connectivity index (χ0) is 28.8. The molecule has 0 unspecified atom stereocenters. The zero-order valence-corrected chi connectivity index (χ0v) is 26.1. The third-order valence-corrected chi connectivity index (χ3v) is 4.48. The summed E-state index contributed by atoms with van der Waals surface area (Å²) in [5.41, 5.74) is 11.6. The Kier molecular flexibility index (Phi) is 27.2. The number of hydrogen-bond acceptors (Lipinski definition) is 8. The maximum Gasteiger partial charge on any atom is 1.00 e. The first kappa shape index (κ1) is 40.6. The number of alkyl halides is 3. The van der Waals surface area contributed by atoms with Crippen LogP contribution in [0.2, 0.25) is 6.82 Å². The zero-order valence-electron chi connectivity index (χ0n) is 21.8. The smallest absolute Gasteiger partial charge is 0.568 e. The molecule has 0 fully saturated rings. The monoisotopic (exact) mass is 601 g/mol. The fourth-order valence-electron chi connectivity index (χ4n) is 2.49. The van der Waals surface area contributed by atoms with Gasteiger partial charge in [0.05, 0.1) is 42.6 Å². The molecule has 0 aromatic heterocycles. The molecule has 0 saturated heterocycles. The number of rotatable bonds is 10. The van der Waals surface area contributed by atoms with Crippen molar-refractivity contribution in [2.75, 3.05) is 55.6 Å². The number of methoxy groups -OCH3 is 2. The molecule has 0 saturated carbocycles. The fourth-order valence-corrected chi connectivity index (χ4v) is 2.90. The number of carboxylic acid groups (broad SMARTS) is 2. The number of anilines is 2. The Morgan fingerprint density at radius 2 is 1.34 bits per heavy atom. The second-order valence-electron chi connectivity index (χ2n) is 6.47. The van der Waals surface area contributed by atoms with E-state index >= 15 is 0 Å². The molecular weight excluding hydrogens is 570 g/mol. The number of halogens is 3.